The van der Waals surface area contributed by atoms with Crippen molar-refractivity contribution in [3.8, 4) is 10.6 Å². The molecule has 0 spiro atoms. The second-order valence-corrected chi connectivity index (χ2v) is 9.30. The summed E-state index contributed by atoms with van der Waals surface area (Å²) in [6.45, 7) is 0.628. The topological polar surface area (TPSA) is 63.4 Å². The van der Waals surface area contributed by atoms with Crippen LogP contribution < -0.4 is 0 Å². The first-order chi connectivity index (χ1) is 12.7. The van der Waals surface area contributed by atoms with Crippen molar-refractivity contribution in [3.63, 3.8) is 0 Å². The van der Waals surface area contributed by atoms with Crippen molar-refractivity contribution in [3.05, 3.63) is 59.4 Å². The molecule has 1 aliphatic rings. The third kappa shape index (κ3) is 3.40. The summed E-state index contributed by atoms with van der Waals surface area (Å²) >= 11 is 0.872. The van der Waals surface area contributed by atoms with Gasteiger partial charge in [0.1, 0.15) is 9.90 Å². The minimum atomic E-state index is -4.64. The summed E-state index contributed by atoms with van der Waals surface area (Å²) in [7, 11) is -3.74. The van der Waals surface area contributed by atoms with E-state index in [9.17, 15) is 21.6 Å². The van der Waals surface area contributed by atoms with E-state index in [2.05, 4.69) is 9.68 Å². The highest BCUT2D eigenvalue weighted by Gasteiger charge is 2.36. The standard InChI is InChI=1S/C17H13F3N2O3S2/c18-17(19,20)15-9-13(21-25-15)14-5-6-16(26-14)27(23,24)22-8-7-11-3-1-2-4-12(11)10-22/h1-6,9H,7-8,10H2. The number of sulfonamides is 1. The second kappa shape index (κ2) is 6.47. The first kappa shape index (κ1) is 18.2. The first-order valence-corrected chi connectivity index (χ1v) is 10.2. The average molecular weight is 414 g/mol. The third-order valence-electron chi connectivity index (χ3n) is 4.31. The average Bonchev–Trinajstić information content (AvgIpc) is 3.30. The summed E-state index contributed by atoms with van der Waals surface area (Å²) in [6, 6.07) is 11.2. The minimum Gasteiger partial charge on any atom is -0.351 e. The molecule has 0 fully saturated rings. The zero-order valence-electron chi connectivity index (χ0n) is 13.7. The van der Waals surface area contributed by atoms with Crippen LogP contribution in [0, 0.1) is 0 Å². The second-order valence-electron chi connectivity index (χ2n) is 6.05. The monoisotopic (exact) mass is 414 g/mol. The largest absolute Gasteiger partial charge is 0.452 e. The Hall–Kier alpha value is -2.17. The molecule has 3 heterocycles. The maximum absolute atomic E-state index is 12.9. The predicted molar refractivity (Wildman–Crippen MR) is 92.6 cm³/mol. The lowest BCUT2D eigenvalue weighted by molar-refractivity contribution is -0.155. The minimum absolute atomic E-state index is 0.0437. The van der Waals surface area contributed by atoms with E-state index in [1.165, 1.54) is 16.4 Å². The van der Waals surface area contributed by atoms with Crippen LogP contribution in [0.25, 0.3) is 10.6 Å². The van der Waals surface area contributed by atoms with Crippen molar-refractivity contribution < 1.29 is 26.1 Å². The Bertz CT molecular complexity index is 1090. The molecule has 0 saturated carbocycles. The fourth-order valence-corrected chi connectivity index (χ4v) is 5.76. The van der Waals surface area contributed by atoms with Crippen molar-refractivity contribution in [2.24, 2.45) is 0 Å². The molecule has 0 atom stereocenters. The molecule has 0 unspecified atom stereocenters. The molecule has 0 N–H and O–H groups in total. The van der Waals surface area contributed by atoms with Gasteiger partial charge in [0, 0.05) is 19.2 Å². The highest BCUT2D eigenvalue weighted by Crippen LogP contribution is 2.36. The Morgan fingerprint density at radius 2 is 1.85 bits per heavy atom. The van der Waals surface area contributed by atoms with Crippen molar-refractivity contribution in [2.45, 2.75) is 23.4 Å². The van der Waals surface area contributed by atoms with Gasteiger partial charge < -0.3 is 4.52 Å². The molecule has 27 heavy (non-hydrogen) atoms. The van der Waals surface area contributed by atoms with E-state index in [1.54, 1.807) is 0 Å². The van der Waals surface area contributed by atoms with Gasteiger partial charge in [-0.2, -0.15) is 17.5 Å². The van der Waals surface area contributed by atoms with Gasteiger partial charge in [-0.1, -0.05) is 29.4 Å². The van der Waals surface area contributed by atoms with Gasteiger partial charge in [0.2, 0.25) is 5.76 Å². The summed E-state index contributed by atoms with van der Waals surface area (Å²) in [4.78, 5) is 0.297. The van der Waals surface area contributed by atoms with Gasteiger partial charge in [-0.15, -0.1) is 11.3 Å². The predicted octanol–water partition coefficient (Wildman–Crippen LogP) is 4.17. The summed E-state index contributed by atoms with van der Waals surface area (Å²) in [5, 5.41) is 3.40. The van der Waals surface area contributed by atoms with E-state index >= 15 is 0 Å². The number of nitrogens with zero attached hydrogens (tertiary/aromatic N) is 2. The Balaban J connectivity index is 1.60. The fraction of sp³-hybridized carbons (Fsp3) is 0.235. The number of rotatable bonds is 3. The third-order valence-corrected chi connectivity index (χ3v) is 7.73. The SMILES string of the molecule is O=S(=O)(c1ccc(-c2cc(C(F)(F)F)on2)s1)N1CCc2ccccc2C1. The molecule has 5 nitrogen and oxygen atoms in total. The summed E-state index contributed by atoms with van der Waals surface area (Å²) in [5.74, 6) is -1.22. The molecule has 0 amide bonds. The van der Waals surface area contributed by atoms with E-state index in [-0.39, 0.29) is 16.4 Å². The number of halogens is 3. The molecule has 10 heteroatoms. The molecule has 142 valence electrons. The molecule has 1 aromatic carbocycles. The van der Waals surface area contributed by atoms with Gasteiger partial charge in [0.05, 0.1) is 4.88 Å². The van der Waals surface area contributed by atoms with Crippen LogP contribution in [0.4, 0.5) is 13.2 Å². The summed E-state index contributed by atoms with van der Waals surface area (Å²) in [5.41, 5.74) is 2.03. The van der Waals surface area contributed by atoms with Crippen LogP contribution in [0.2, 0.25) is 0 Å². The first-order valence-electron chi connectivity index (χ1n) is 7.96. The lowest BCUT2D eigenvalue weighted by atomic mass is 10.0. The van der Waals surface area contributed by atoms with Gasteiger partial charge >= 0.3 is 6.18 Å². The Labute approximate surface area is 157 Å². The van der Waals surface area contributed by atoms with E-state index in [4.69, 9.17) is 0 Å². The fourth-order valence-electron chi connectivity index (χ4n) is 2.92. The molecule has 0 aliphatic carbocycles. The number of fused-ring (bicyclic) bond motifs is 1. The lowest BCUT2D eigenvalue weighted by Gasteiger charge is -2.27. The van der Waals surface area contributed by atoms with Crippen LogP contribution in [-0.4, -0.2) is 24.4 Å². The van der Waals surface area contributed by atoms with Gasteiger partial charge in [0.25, 0.3) is 10.0 Å². The smallest absolute Gasteiger partial charge is 0.351 e. The van der Waals surface area contributed by atoms with Crippen LogP contribution in [0.5, 0.6) is 0 Å². The van der Waals surface area contributed by atoms with Gasteiger partial charge in [-0.3, -0.25) is 0 Å². The molecule has 0 saturated heterocycles. The summed E-state index contributed by atoms with van der Waals surface area (Å²) < 4.78 is 69.5. The van der Waals surface area contributed by atoms with E-state index in [1.807, 2.05) is 24.3 Å². The zero-order chi connectivity index (χ0) is 19.2. The Kier molecular flexibility index (Phi) is 4.36. The van der Waals surface area contributed by atoms with Crippen LogP contribution in [0.1, 0.15) is 16.9 Å². The molecule has 1 aliphatic heterocycles. The molecule has 0 bridgehead atoms. The zero-order valence-corrected chi connectivity index (χ0v) is 15.4. The normalized spacial score (nSPS) is 15.7. The highest BCUT2D eigenvalue weighted by molar-refractivity contribution is 7.91. The van der Waals surface area contributed by atoms with E-state index < -0.39 is 22.0 Å². The van der Waals surface area contributed by atoms with Crippen LogP contribution in [-0.2, 0) is 29.2 Å². The van der Waals surface area contributed by atoms with Crippen LogP contribution >= 0.6 is 11.3 Å². The summed E-state index contributed by atoms with van der Waals surface area (Å²) in [6.07, 6.45) is -4.02. The van der Waals surface area contributed by atoms with Crippen LogP contribution in [0.3, 0.4) is 0 Å². The van der Waals surface area contributed by atoms with Crippen molar-refractivity contribution in [1.29, 1.82) is 0 Å². The van der Waals surface area contributed by atoms with Crippen molar-refractivity contribution in [1.82, 2.24) is 9.46 Å². The van der Waals surface area contributed by atoms with Gasteiger partial charge in [-0.05, 0) is 29.7 Å². The highest BCUT2D eigenvalue weighted by atomic mass is 32.2. The van der Waals surface area contributed by atoms with E-state index in [0.29, 0.717) is 17.8 Å². The Morgan fingerprint density at radius 3 is 2.56 bits per heavy atom. The molecular formula is C17H13F3N2O3S2. The molecular weight excluding hydrogens is 401 g/mol. The number of alkyl halides is 3. The van der Waals surface area contributed by atoms with Gasteiger partial charge in [0.15, 0.2) is 0 Å². The van der Waals surface area contributed by atoms with Crippen molar-refractivity contribution in [2.75, 3.05) is 6.54 Å². The number of benzene rings is 1. The maximum atomic E-state index is 12.9. The van der Waals surface area contributed by atoms with Gasteiger partial charge in [-0.25, -0.2) is 8.42 Å². The van der Waals surface area contributed by atoms with Crippen LogP contribution in [0.15, 0.2) is 51.2 Å². The number of hydrogen-bond acceptors (Lipinski definition) is 5. The number of hydrogen-bond donors (Lipinski definition) is 0. The Morgan fingerprint density at radius 1 is 1.11 bits per heavy atom. The molecule has 2 aromatic heterocycles. The molecule has 4 rings (SSSR count). The lowest BCUT2D eigenvalue weighted by Crippen LogP contribution is -2.35. The number of aromatic nitrogens is 1. The maximum Gasteiger partial charge on any atom is 0.452 e. The van der Waals surface area contributed by atoms with E-state index in [0.717, 1.165) is 28.5 Å². The number of thiophene rings is 1. The quantitative estimate of drug-likeness (QED) is 0.645. The molecule has 0 radical (unpaired) electrons. The molecule has 3 aromatic rings. The van der Waals surface area contributed by atoms with Crippen molar-refractivity contribution >= 4 is 21.4 Å².